The largest absolute Gasteiger partial charge is 0.480 e. The van der Waals surface area contributed by atoms with E-state index in [4.69, 9.17) is 21.7 Å². The van der Waals surface area contributed by atoms with E-state index in [1.807, 2.05) is 0 Å². The average molecular weight is 402 g/mol. The number of nitrogens with two attached hydrogens (primary N) is 2. The number of aliphatic carboxylic acids is 2. The fraction of sp³-hybridized carbons (Fsp3) is 0.750. The molecule has 0 aromatic carbocycles. The number of carboxylic acids is 2. The number of aliphatic hydroxyl groups excluding tert-OH is 2. The number of aliphatic imine (C=N–C) groups is 2. The van der Waals surface area contributed by atoms with Gasteiger partial charge in [0.2, 0.25) is 0 Å². The van der Waals surface area contributed by atoms with Crippen molar-refractivity contribution in [2.75, 3.05) is 19.7 Å². The van der Waals surface area contributed by atoms with E-state index in [2.05, 4.69) is 20.6 Å². The molecule has 4 atom stereocenters. The zero-order valence-corrected chi connectivity index (χ0v) is 15.6. The van der Waals surface area contributed by atoms with Crippen LogP contribution < -0.4 is 22.1 Å². The molecule has 0 aromatic rings. The molecule has 0 aromatic heterocycles. The summed E-state index contributed by atoms with van der Waals surface area (Å²) in [6, 6.07) is -2.47. The van der Waals surface area contributed by atoms with Gasteiger partial charge >= 0.3 is 11.9 Å². The lowest BCUT2D eigenvalue weighted by Crippen LogP contribution is -2.43. The molecule has 28 heavy (non-hydrogen) atoms. The van der Waals surface area contributed by atoms with Crippen LogP contribution in [0.25, 0.3) is 0 Å². The van der Waals surface area contributed by atoms with Gasteiger partial charge in [-0.25, -0.2) is 0 Å². The Morgan fingerprint density at radius 2 is 1.57 bits per heavy atom. The van der Waals surface area contributed by atoms with E-state index < -0.39 is 42.8 Å². The third-order valence-corrected chi connectivity index (χ3v) is 4.19. The van der Waals surface area contributed by atoms with E-state index in [1.54, 1.807) is 0 Å². The fourth-order valence-electron chi connectivity index (χ4n) is 2.48. The van der Waals surface area contributed by atoms with Gasteiger partial charge < -0.3 is 42.5 Å². The number of guanidine groups is 1. The normalized spacial score (nSPS) is 22.5. The standard InChI is InChI=1S/C16H30N6O6/c17-9(14(25)26)4-1-2-6-19-13-12(11(24)8-23)21-16(22-13)20-7-3-5-10(18)15(27)28/h9-12,23-24H,1-8,17-18H2,(H,25,26)(H,27,28)(H2,19,20,21,22)/t9-,10?,11?,12?/m0/s1. The number of amidine groups is 1. The summed E-state index contributed by atoms with van der Waals surface area (Å²) in [5, 5.41) is 42.5. The van der Waals surface area contributed by atoms with Crippen LogP contribution in [0.4, 0.5) is 0 Å². The van der Waals surface area contributed by atoms with Crippen molar-refractivity contribution in [3.8, 4) is 0 Å². The van der Waals surface area contributed by atoms with Gasteiger partial charge in [0.25, 0.3) is 0 Å². The molecule has 1 aliphatic rings. The van der Waals surface area contributed by atoms with Crippen molar-refractivity contribution in [1.29, 1.82) is 0 Å². The fourth-order valence-corrected chi connectivity index (χ4v) is 2.48. The second-order valence-corrected chi connectivity index (χ2v) is 6.52. The summed E-state index contributed by atoms with van der Waals surface area (Å²) >= 11 is 0. The Hall–Kier alpha value is -2.28. The Bertz CT molecular complexity index is 584. The molecule has 0 amide bonds. The molecule has 12 nitrogen and oxygen atoms in total. The number of hydrogen-bond donors (Lipinski definition) is 8. The Kier molecular flexibility index (Phi) is 10.4. The van der Waals surface area contributed by atoms with E-state index in [9.17, 15) is 19.8 Å². The smallest absolute Gasteiger partial charge is 0.320 e. The molecular formula is C16H30N6O6. The van der Waals surface area contributed by atoms with E-state index >= 15 is 0 Å². The van der Waals surface area contributed by atoms with Gasteiger partial charge in [-0.05, 0) is 32.1 Å². The molecule has 12 heteroatoms. The van der Waals surface area contributed by atoms with Crippen LogP contribution in [0.15, 0.2) is 9.98 Å². The highest BCUT2D eigenvalue weighted by Gasteiger charge is 2.31. The summed E-state index contributed by atoms with van der Waals surface area (Å²) in [5.74, 6) is -1.31. The van der Waals surface area contributed by atoms with Crippen molar-refractivity contribution in [2.45, 2.75) is 56.3 Å². The number of nitrogens with one attached hydrogen (secondary N) is 2. The molecule has 0 aliphatic carbocycles. The zero-order chi connectivity index (χ0) is 21.1. The van der Waals surface area contributed by atoms with Gasteiger partial charge in [-0.3, -0.25) is 19.6 Å². The van der Waals surface area contributed by atoms with Crippen LogP contribution in [0.2, 0.25) is 0 Å². The van der Waals surface area contributed by atoms with Crippen molar-refractivity contribution in [1.82, 2.24) is 10.6 Å². The molecule has 160 valence electrons. The van der Waals surface area contributed by atoms with E-state index in [0.717, 1.165) is 0 Å². The second-order valence-electron chi connectivity index (χ2n) is 6.52. The SMILES string of the molecule is NC(CCCN=C1NC(=NCCCC[C@H](N)C(=O)O)C(C(O)CO)N1)C(=O)O. The van der Waals surface area contributed by atoms with Gasteiger partial charge in [-0.2, -0.15) is 0 Å². The number of aliphatic hydroxyl groups is 2. The molecule has 1 rings (SSSR count). The van der Waals surface area contributed by atoms with Gasteiger partial charge in [0.1, 0.15) is 30.1 Å². The molecule has 1 fully saturated rings. The average Bonchev–Trinajstić information content (AvgIpc) is 3.06. The van der Waals surface area contributed by atoms with Gasteiger partial charge in [0.05, 0.1) is 6.61 Å². The van der Waals surface area contributed by atoms with Gasteiger partial charge in [-0.1, -0.05) is 0 Å². The monoisotopic (exact) mass is 402 g/mol. The van der Waals surface area contributed by atoms with Crippen molar-refractivity contribution >= 4 is 23.7 Å². The quantitative estimate of drug-likeness (QED) is 0.151. The molecule has 10 N–H and O–H groups in total. The van der Waals surface area contributed by atoms with Crippen LogP contribution in [-0.4, -0.2) is 88.1 Å². The van der Waals surface area contributed by atoms with Crippen LogP contribution in [-0.2, 0) is 9.59 Å². The van der Waals surface area contributed by atoms with Gasteiger partial charge in [0, 0.05) is 13.1 Å². The lowest BCUT2D eigenvalue weighted by Gasteiger charge is -2.15. The summed E-state index contributed by atoms with van der Waals surface area (Å²) in [7, 11) is 0. The van der Waals surface area contributed by atoms with E-state index in [-0.39, 0.29) is 6.42 Å². The first-order valence-corrected chi connectivity index (χ1v) is 9.14. The van der Waals surface area contributed by atoms with Crippen molar-refractivity contribution < 1.29 is 30.0 Å². The number of carbonyl (C=O) groups is 2. The third-order valence-electron chi connectivity index (χ3n) is 4.19. The van der Waals surface area contributed by atoms with Crippen LogP contribution in [0.3, 0.4) is 0 Å². The molecule has 0 saturated carbocycles. The molecule has 0 spiro atoms. The predicted molar refractivity (Wildman–Crippen MR) is 102 cm³/mol. The summed E-state index contributed by atoms with van der Waals surface area (Å²) in [4.78, 5) is 29.9. The molecular weight excluding hydrogens is 372 g/mol. The van der Waals surface area contributed by atoms with Gasteiger partial charge in [0.15, 0.2) is 5.96 Å². The van der Waals surface area contributed by atoms with Crippen molar-refractivity contribution in [3.63, 3.8) is 0 Å². The molecule has 0 bridgehead atoms. The molecule has 1 heterocycles. The minimum atomic E-state index is -1.08. The maximum Gasteiger partial charge on any atom is 0.320 e. The van der Waals surface area contributed by atoms with Crippen LogP contribution in [0, 0.1) is 0 Å². The summed E-state index contributed by atoms with van der Waals surface area (Å²) in [6.45, 7) is 0.261. The van der Waals surface area contributed by atoms with E-state index in [1.165, 1.54) is 0 Å². The van der Waals surface area contributed by atoms with Crippen LogP contribution in [0.5, 0.6) is 0 Å². The van der Waals surface area contributed by atoms with Crippen molar-refractivity contribution in [2.24, 2.45) is 21.5 Å². The Morgan fingerprint density at radius 1 is 1.00 bits per heavy atom. The third kappa shape index (κ3) is 8.17. The Balaban J connectivity index is 2.52. The minimum Gasteiger partial charge on any atom is -0.480 e. The first kappa shape index (κ1) is 23.8. The first-order valence-electron chi connectivity index (χ1n) is 9.14. The highest BCUT2D eigenvalue weighted by atomic mass is 16.4. The second kappa shape index (κ2) is 12.2. The summed E-state index contributed by atoms with van der Waals surface area (Å²) in [6.07, 6.45) is 1.24. The van der Waals surface area contributed by atoms with E-state index in [0.29, 0.717) is 50.6 Å². The number of nitrogens with zero attached hydrogens (tertiary/aromatic N) is 2. The molecule has 1 saturated heterocycles. The Morgan fingerprint density at radius 3 is 2.14 bits per heavy atom. The zero-order valence-electron chi connectivity index (χ0n) is 15.6. The highest BCUT2D eigenvalue weighted by molar-refractivity contribution is 6.09. The lowest BCUT2D eigenvalue weighted by molar-refractivity contribution is -0.139. The maximum atomic E-state index is 10.7. The topological polar surface area (TPSA) is 216 Å². The Labute approximate surface area is 162 Å². The molecule has 3 unspecified atom stereocenters. The molecule has 0 radical (unpaired) electrons. The number of carboxylic acid groups (broad SMARTS) is 2. The van der Waals surface area contributed by atoms with Crippen LogP contribution in [0.1, 0.15) is 32.1 Å². The van der Waals surface area contributed by atoms with Crippen molar-refractivity contribution in [3.05, 3.63) is 0 Å². The van der Waals surface area contributed by atoms with Crippen LogP contribution >= 0.6 is 0 Å². The van der Waals surface area contributed by atoms with Gasteiger partial charge in [-0.15, -0.1) is 0 Å². The number of unbranched alkanes of at least 4 members (excludes halogenated alkanes) is 1. The maximum absolute atomic E-state index is 10.7. The summed E-state index contributed by atoms with van der Waals surface area (Å²) in [5.41, 5.74) is 10.9. The first-order chi connectivity index (χ1) is 13.3. The minimum absolute atomic E-state index is 0.286. The number of hydrogen-bond acceptors (Lipinski definition) is 8. The highest BCUT2D eigenvalue weighted by Crippen LogP contribution is 2.05. The number of rotatable bonds is 13. The molecule has 1 aliphatic heterocycles. The lowest BCUT2D eigenvalue weighted by atomic mass is 10.1. The summed E-state index contributed by atoms with van der Waals surface area (Å²) < 4.78 is 0. The predicted octanol–water partition coefficient (Wildman–Crippen LogP) is -2.57.